The Morgan fingerprint density at radius 3 is 2.41 bits per heavy atom. The molecule has 2 aromatic carbocycles. The lowest BCUT2D eigenvalue weighted by Gasteiger charge is -2.29. The first-order valence-corrected chi connectivity index (χ1v) is 11.6. The van der Waals surface area contributed by atoms with Crippen molar-refractivity contribution in [3.63, 3.8) is 0 Å². The molecule has 0 spiro atoms. The van der Waals surface area contributed by atoms with Gasteiger partial charge < -0.3 is 10.2 Å². The number of nitrogens with zero attached hydrogens (tertiary/aromatic N) is 3. The second-order valence-corrected chi connectivity index (χ2v) is 8.92. The number of halogens is 1. The molecule has 180 valence electrons. The molecule has 1 atom stereocenters. The molecule has 1 aliphatic rings. The summed E-state index contributed by atoms with van der Waals surface area (Å²) in [5.74, 6) is -1.09. The van der Waals surface area contributed by atoms with E-state index in [2.05, 4.69) is 20.7 Å². The van der Waals surface area contributed by atoms with Crippen LogP contribution < -0.4 is 15.6 Å². The molecule has 0 aromatic heterocycles. The van der Waals surface area contributed by atoms with Crippen molar-refractivity contribution in [1.82, 2.24) is 10.7 Å². The van der Waals surface area contributed by atoms with Gasteiger partial charge in [0.25, 0.3) is 17.5 Å². The van der Waals surface area contributed by atoms with E-state index in [4.69, 9.17) is 11.6 Å². The monoisotopic (exact) mass is 485 g/mol. The van der Waals surface area contributed by atoms with Gasteiger partial charge in [-0.25, -0.2) is 5.43 Å². The van der Waals surface area contributed by atoms with E-state index in [1.165, 1.54) is 18.3 Å². The molecule has 34 heavy (non-hydrogen) atoms. The van der Waals surface area contributed by atoms with E-state index in [1.54, 1.807) is 30.3 Å². The average molecular weight is 486 g/mol. The number of carbonyl (C=O) groups is 2. The van der Waals surface area contributed by atoms with Gasteiger partial charge in [-0.15, -0.1) is 0 Å². The molecule has 0 saturated carbocycles. The Morgan fingerprint density at radius 1 is 1.12 bits per heavy atom. The lowest BCUT2D eigenvalue weighted by atomic mass is 10.0. The molecule has 9 nitrogen and oxygen atoms in total. The Morgan fingerprint density at radius 2 is 1.79 bits per heavy atom. The minimum atomic E-state index is -0.827. The first kappa shape index (κ1) is 25.2. The molecule has 1 fully saturated rings. The summed E-state index contributed by atoms with van der Waals surface area (Å²) in [4.78, 5) is 38.3. The maximum atomic E-state index is 12.8. The van der Waals surface area contributed by atoms with Crippen molar-refractivity contribution in [3.8, 4) is 0 Å². The quantitative estimate of drug-likeness (QED) is 0.331. The molecule has 10 heteroatoms. The summed E-state index contributed by atoms with van der Waals surface area (Å²) in [5, 5.41) is 18.5. The molecule has 1 saturated heterocycles. The van der Waals surface area contributed by atoms with Crippen LogP contribution in [0, 0.1) is 16.0 Å². The van der Waals surface area contributed by atoms with Crippen molar-refractivity contribution in [2.24, 2.45) is 11.0 Å². The van der Waals surface area contributed by atoms with Gasteiger partial charge in [0.2, 0.25) is 0 Å². The lowest BCUT2D eigenvalue weighted by molar-refractivity contribution is -0.384. The van der Waals surface area contributed by atoms with E-state index < -0.39 is 22.8 Å². The highest BCUT2D eigenvalue weighted by atomic mass is 35.5. The molecular formula is C24H28ClN5O4. The average Bonchev–Trinajstić information content (AvgIpc) is 2.83. The molecule has 0 aliphatic carbocycles. The second-order valence-electron chi connectivity index (χ2n) is 8.48. The highest BCUT2D eigenvalue weighted by molar-refractivity contribution is 6.30. The number of hydrogen-bond acceptors (Lipinski definition) is 6. The molecule has 1 heterocycles. The maximum absolute atomic E-state index is 12.8. The zero-order valence-corrected chi connectivity index (χ0v) is 19.9. The predicted molar refractivity (Wildman–Crippen MR) is 132 cm³/mol. The van der Waals surface area contributed by atoms with Gasteiger partial charge in [0.1, 0.15) is 6.04 Å². The number of piperidine rings is 1. The van der Waals surface area contributed by atoms with E-state index in [0.29, 0.717) is 16.1 Å². The largest absolute Gasteiger partial charge is 0.371 e. The Hall–Kier alpha value is -3.46. The van der Waals surface area contributed by atoms with Gasteiger partial charge >= 0.3 is 0 Å². The van der Waals surface area contributed by atoms with Gasteiger partial charge in [0.05, 0.1) is 11.1 Å². The normalized spacial score (nSPS) is 14.8. The number of nitro groups is 1. The molecule has 1 unspecified atom stereocenters. The topological polar surface area (TPSA) is 117 Å². The van der Waals surface area contributed by atoms with Gasteiger partial charge in [-0.1, -0.05) is 25.4 Å². The van der Waals surface area contributed by atoms with Crippen LogP contribution in [-0.2, 0) is 4.79 Å². The number of rotatable bonds is 8. The van der Waals surface area contributed by atoms with Crippen molar-refractivity contribution in [3.05, 3.63) is 68.7 Å². The van der Waals surface area contributed by atoms with Crippen molar-refractivity contribution in [2.45, 2.75) is 39.2 Å². The molecular weight excluding hydrogens is 458 g/mol. The molecule has 0 bridgehead atoms. The zero-order chi connectivity index (χ0) is 24.7. The van der Waals surface area contributed by atoms with Crippen LogP contribution in [0.2, 0.25) is 5.02 Å². The number of nitro benzene ring substituents is 1. The minimum Gasteiger partial charge on any atom is -0.371 e. The van der Waals surface area contributed by atoms with Gasteiger partial charge in [0.15, 0.2) is 0 Å². The molecule has 3 rings (SSSR count). The first-order valence-electron chi connectivity index (χ1n) is 11.2. The highest BCUT2D eigenvalue weighted by Crippen LogP contribution is 2.27. The molecule has 2 N–H and O–H groups in total. The minimum absolute atomic E-state index is 0.0520. The zero-order valence-electron chi connectivity index (χ0n) is 19.2. The van der Waals surface area contributed by atoms with E-state index in [9.17, 15) is 19.7 Å². The Bertz CT molecular complexity index is 1070. The van der Waals surface area contributed by atoms with Gasteiger partial charge in [-0.2, -0.15) is 5.10 Å². The summed E-state index contributed by atoms with van der Waals surface area (Å²) in [7, 11) is 0. The fourth-order valence-electron chi connectivity index (χ4n) is 3.78. The fourth-order valence-corrected chi connectivity index (χ4v) is 3.90. The van der Waals surface area contributed by atoms with Gasteiger partial charge in [-0.3, -0.25) is 19.7 Å². The molecule has 0 radical (unpaired) electrons. The highest BCUT2D eigenvalue weighted by Gasteiger charge is 2.24. The number of carbonyl (C=O) groups excluding carboxylic acids is 2. The van der Waals surface area contributed by atoms with Crippen molar-refractivity contribution in [2.75, 3.05) is 18.0 Å². The third-order valence-corrected chi connectivity index (χ3v) is 5.89. The SMILES string of the molecule is CC(C)C(NC(=O)c1ccc(Cl)cc1)C(=O)NN=Cc1cc([N+](=O)[O-])ccc1N1CCCCC1. The van der Waals surface area contributed by atoms with Crippen LogP contribution in [0.15, 0.2) is 47.6 Å². The van der Waals surface area contributed by atoms with Crippen LogP contribution in [0.5, 0.6) is 0 Å². The molecule has 2 aromatic rings. The van der Waals surface area contributed by atoms with Crippen LogP contribution in [0.25, 0.3) is 0 Å². The van der Waals surface area contributed by atoms with Crippen LogP contribution in [0.3, 0.4) is 0 Å². The van der Waals surface area contributed by atoms with E-state index in [-0.39, 0.29) is 11.6 Å². The van der Waals surface area contributed by atoms with E-state index >= 15 is 0 Å². The summed E-state index contributed by atoms with van der Waals surface area (Å²) >= 11 is 5.87. The number of anilines is 1. The van der Waals surface area contributed by atoms with E-state index in [1.807, 2.05) is 13.8 Å². The number of amides is 2. The second kappa shape index (κ2) is 11.6. The summed E-state index contributed by atoms with van der Waals surface area (Å²) in [6, 6.07) is 10.2. The molecule has 2 amide bonds. The third kappa shape index (κ3) is 6.54. The fraction of sp³-hybridized carbons (Fsp3) is 0.375. The third-order valence-electron chi connectivity index (χ3n) is 5.64. The van der Waals surface area contributed by atoms with Crippen LogP contribution in [-0.4, -0.2) is 42.1 Å². The smallest absolute Gasteiger partial charge is 0.270 e. The van der Waals surface area contributed by atoms with Crippen LogP contribution in [0.4, 0.5) is 11.4 Å². The number of non-ortho nitro benzene ring substituents is 1. The number of hydrazone groups is 1. The first-order chi connectivity index (χ1) is 16.3. The lowest BCUT2D eigenvalue weighted by Crippen LogP contribution is -2.48. The Labute approximate surface area is 203 Å². The predicted octanol–water partition coefficient (Wildman–Crippen LogP) is 4.14. The van der Waals surface area contributed by atoms with E-state index in [0.717, 1.165) is 38.0 Å². The van der Waals surface area contributed by atoms with Crippen molar-refractivity contribution in [1.29, 1.82) is 0 Å². The Balaban J connectivity index is 1.73. The van der Waals surface area contributed by atoms with Crippen molar-refractivity contribution < 1.29 is 14.5 Å². The van der Waals surface area contributed by atoms with Crippen LogP contribution in [0.1, 0.15) is 49.0 Å². The van der Waals surface area contributed by atoms with Crippen molar-refractivity contribution >= 4 is 41.0 Å². The number of nitrogens with one attached hydrogen (secondary N) is 2. The maximum Gasteiger partial charge on any atom is 0.270 e. The molecule has 1 aliphatic heterocycles. The van der Waals surface area contributed by atoms with Crippen LogP contribution >= 0.6 is 11.6 Å². The summed E-state index contributed by atoms with van der Waals surface area (Å²) in [6.45, 7) is 5.34. The summed E-state index contributed by atoms with van der Waals surface area (Å²) < 4.78 is 0. The van der Waals surface area contributed by atoms with Gasteiger partial charge in [0, 0.05) is 47.1 Å². The number of hydrogen-bond donors (Lipinski definition) is 2. The summed E-state index contributed by atoms with van der Waals surface area (Å²) in [5.41, 5.74) is 4.17. The summed E-state index contributed by atoms with van der Waals surface area (Å²) in [6.07, 6.45) is 4.66. The Kier molecular flexibility index (Phi) is 8.59. The number of benzene rings is 2. The van der Waals surface area contributed by atoms with Gasteiger partial charge in [-0.05, 0) is 55.5 Å². The standard InChI is InChI=1S/C24H28ClN5O4/c1-16(2)22(27-23(31)17-6-8-19(25)9-7-17)24(32)28-26-15-18-14-20(30(33)34)10-11-21(18)29-12-4-3-5-13-29/h6-11,14-16,22H,3-5,12-13H2,1-2H3,(H,27,31)(H,28,32).